The molecule has 4 N–H and O–H groups in total. The van der Waals surface area contributed by atoms with Gasteiger partial charge in [0.05, 0.1) is 11.0 Å². The highest BCUT2D eigenvalue weighted by molar-refractivity contribution is 5.92. The molecule has 3 rings (SSSR count). The number of nitrogens with zero attached hydrogens (tertiary/aromatic N) is 1. The zero-order valence-corrected chi connectivity index (χ0v) is 13.9. The summed E-state index contributed by atoms with van der Waals surface area (Å²) in [6.45, 7) is 0.734. The Labute approximate surface area is 142 Å². The first-order valence-electron chi connectivity index (χ1n) is 7.22. The van der Waals surface area contributed by atoms with Crippen LogP contribution < -0.4 is 11.1 Å². The van der Waals surface area contributed by atoms with Gasteiger partial charge in [0, 0.05) is 5.92 Å². The summed E-state index contributed by atoms with van der Waals surface area (Å²) < 4.78 is 0. The van der Waals surface area contributed by atoms with Crippen LogP contribution in [-0.4, -0.2) is 22.4 Å². The summed E-state index contributed by atoms with van der Waals surface area (Å²) in [5.41, 5.74) is 7.49. The number of hydrogen-bond acceptors (Lipinski definition) is 3. The van der Waals surface area contributed by atoms with Crippen LogP contribution in [0.3, 0.4) is 0 Å². The van der Waals surface area contributed by atoms with E-state index in [4.69, 9.17) is 5.73 Å². The number of nitrogens with two attached hydrogens (primary N) is 1. The molecule has 7 heteroatoms. The van der Waals surface area contributed by atoms with Crippen molar-refractivity contribution in [1.82, 2.24) is 9.97 Å². The molecule has 1 aromatic carbocycles. The minimum Gasteiger partial charge on any atom is -0.330 e. The molecule has 22 heavy (non-hydrogen) atoms. The van der Waals surface area contributed by atoms with Crippen LogP contribution in [0, 0.1) is 11.8 Å². The fourth-order valence-corrected chi connectivity index (χ4v) is 2.89. The second-order valence-electron chi connectivity index (χ2n) is 5.55. The molecular weight excluding hydrogens is 323 g/mol. The number of imidazole rings is 1. The molecule has 0 bridgehead atoms. The van der Waals surface area contributed by atoms with E-state index in [2.05, 4.69) is 15.3 Å². The highest BCUT2D eigenvalue weighted by Gasteiger charge is 2.26. The van der Waals surface area contributed by atoms with Crippen molar-refractivity contribution in [2.45, 2.75) is 25.7 Å². The van der Waals surface area contributed by atoms with Gasteiger partial charge in [-0.1, -0.05) is 12.1 Å². The van der Waals surface area contributed by atoms with Crippen LogP contribution in [-0.2, 0) is 4.79 Å². The molecule has 0 aliphatic heterocycles. The maximum absolute atomic E-state index is 12.2. The van der Waals surface area contributed by atoms with Crippen molar-refractivity contribution in [2.24, 2.45) is 17.6 Å². The summed E-state index contributed by atoms with van der Waals surface area (Å²) in [6, 6.07) is 7.75. The maximum Gasteiger partial charge on any atom is 0.229 e. The second-order valence-corrected chi connectivity index (χ2v) is 5.55. The molecule has 122 valence electrons. The summed E-state index contributed by atoms with van der Waals surface area (Å²) in [4.78, 5) is 19.7. The molecule has 0 saturated heterocycles. The van der Waals surface area contributed by atoms with Gasteiger partial charge in [0.15, 0.2) is 0 Å². The number of anilines is 1. The van der Waals surface area contributed by atoms with E-state index in [1.807, 2.05) is 24.3 Å². The number of amides is 1. The smallest absolute Gasteiger partial charge is 0.229 e. The van der Waals surface area contributed by atoms with Crippen LogP contribution in [0.25, 0.3) is 11.0 Å². The Bertz CT molecular complexity index is 575. The first-order valence-corrected chi connectivity index (χ1v) is 7.22. The molecule has 1 aromatic heterocycles. The van der Waals surface area contributed by atoms with Crippen LogP contribution in [0.2, 0.25) is 0 Å². The van der Waals surface area contributed by atoms with Gasteiger partial charge in [0.1, 0.15) is 0 Å². The van der Waals surface area contributed by atoms with E-state index < -0.39 is 0 Å². The largest absolute Gasteiger partial charge is 0.330 e. The molecule has 0 unspecified atom stereocenters. The molecule has 2 aromatic rings. The minimum atomic E-state index is 0. The number of aromatic nitrogens is 2. The van der Waals surface area contributed by atoms with Crippen LogP contribution in [0.1, 0.15) is 25.7 Å². The molecule has 1 fully saturated rings. The summed E-state index contributed by atoms with van der Waals surface area (Å²) in [7, 11) is 0. The highest BCUT2D eigenvalue weighted by Crippen LogP contribution is 2.28. The Balaban J connectivity index is 0.00000121. The molecule has 1 saturated carbocycles. The number of carbonyl (C=O) groups is 1. The van der Waals surface area contributed by atoms with Gasteiger partial charge >= 0.3 is 0 Å². The lowest BCUT2D eigenvalue weighted by Crippen LogP contribution is -2.29. The molecule has 0 radical (unpaired) electrons. The quantitative estimate of drug-likeness (QED) is 0.799. The van der Waals surface area contributed by atoms with Crippen molar-refractivity contribution in [3.63, 3.8) is 0 Å². The molecule has 1 amide bonds. The summed E-state index contributed by atoms with van der Waals surface area (Å²) >= 11 is 0. The van der Waals surface area contributed by atoms with Crippen molar-refractivity contribution >= 4 is 47.7 Å². The van der Waals surface area contributed by atoms with Gasteiger partial charge in [-0.3, -0.25) is 10.1 Å². The summed E-state index contributed by atoms with van der Waals surface area (Å²) in [5.74, 6) is 1.29. The molecule has 0 spiro atoms. The second kappa shape index (κ2) is 8.36. The number of fused-ring (bicyclic) bond motifs is 1. The van der Waals surface area contributed by atoms with Crippen LogP contribution in [0.15, 0.2) is 24.3 Å². The number of carbonyl (C=O) groups excluding carboxylic acids is 1. The maximum atomic E-state index is 12.2. The first-order chi connectivity index (χ1) is 9.76. The molecule has 1 heterocycles. The van der Waals surface area contributed by atoms with Gasteiger partial charge in [-0.05, 0) is 50.3 Å². The number of hydrogen-bond donors (Lipinski definition) is 3. The topological polar surface area (TPSA) is 83.8 Å². The van der Waals surface area contributed by atoms with Gasteiger partial charge in [0.25, 0.3) is 0 Å². The molecule has 1 aliphatic carbocycles. The molecule has 1 aliphatic rings. The monoisotopic (exact) mass is 344 g/mol. The van der Waals surface area contributed by atoms with E-state index in [1.165, 1.54) is 0 Å². The fraction of sp³-hybridized carbons (Fsp3) is 0.467. The lowest BCUT2D eigenvalue weighted by atomic mass is 9.81. The van der Waals surface area contributed by atoms with Crippen LogP contribution in [0.4, 0.5) is 5.95 Å². The number of aromatic amines is 1. The van der Waals surface area contributed by atoms with Crippen LogP contribution >= 0.6 is 24.8 Å². The number of benzene rings is 1. The van der Waals surface area contributed by atoms with Crippen molar-refractivity contribution in [3.8, 4) is 0 Å². The zero-order valence-electron chi connectivity index (χ0n) is 12.2. The fourth-order valence-electron chi connectivity index (χ4n) is 2.89. The third-order valence-corrected chi connectivity index (χ3v) is 4.18. The van der Waals surface area contributed by atoms with E-state index in [0.29, 0.717) is 11.9 Å². The van der Waals surface area contributed by atoms with Gasteiger partial charge < -0.3 is 10.7 Å². The summed E-state index contributed by atoms with van der Waals surface area (Å²) in [5, 5.41) is 2.90. The van der Waals surface area contributed by atoms with Gasteiger partial charge in [-0.2, -0.15) is 0 Å². The average molecular weight is 345 g/mol. The standard InChI is InChI=1S/C15H20N4O.2ClH/c16-9-10-5-7-11(8-6-10)14(20)19-15-17-12-3-1-2-4-13(12)18-15;;/h1-4,10-11H,5-9,16H2,(H2,17,18,19,20);2*1H. The lowest BCUT2D eigenvalue weighted by Gasteiger charge is -2.26. The first kappa shape index (κ1) is 18.7. The Morgan fingerprint density at radius 3 is 2.55 bits per heavy atom. The normalized spacial score (nSPS) is 20.8. The number of para-hydroxylation sites is 2. The minimum absolute atomic E-state index is 0. The molecular formula is C15H22Cl2N4O. The predicted molar refractivity (Wildman–Crippen MR) is 93.7 cm³/mol. The molecule has 5 nitrogen and oxygen atoms in total. The van der Waals surface area contributed by atoms with Crippen molar-refractivity contribution in [3.05, 3.63) is 24.3 Å². The average Bonchev–Trinajstić information content (AvgIpc) is 2.89. The van der Waals surface area contributed by atoms with E-state index in [9.17, 15) is 4.79 Å². The van der Waals surface area contributed by atoms with Crippen molar-refractivity contribution in [1.29, 1.82) is 0 Å². The van der Waals surface area contributed by atoms with E-state index in [0.717, 1.165) is 43.3 Å². The van der Waals surface area contributed by atoms with Gasteiger partial charge in [0.2, 0.25) is 11.9 Å². The third-order valence-electron chi connectivity index (χ3n) is 4.18. The molecule has 0 atom stereocenters. The van der Waals surface area contributed by atoms with Gasteiger partial charge in [-0.25, -0.2) is 4.98 Å². The Hall–Kier alpha value is -1.30. The highest BCUT2D eigenvalue weighted by atomic mass is 35.5. The van der Waals surface area contributed by atoms with E-state index in [1.54, 1.807) is 0 Å². The Kier molecular flexibility index (Phi) is 7.13. The third kappa shape index (κ3) is 4.12. The zero-order chi connectivity index (χ0) is 13.9. The lowest BCUT2D eigenvalue weighted by molar-refractivity contribution is -0.121. The predicted octanol–water partition coefficient (Wildman–Crippen LogP) is 3.11. The van der Waals surface area contributed by atoms with Gasteiger partial charge in [-0.15, -0.1) is 24.8 Å². The summed E-state index contributed by atoms with van der Waals surface area (Å²) in [6.07, 6.45) is 3.95. The van der Waals surface area contributed by atoms with E-state index in [-0.39, 0.29) is 36.6 Å². The number of halogens is 2. The SMILES string of the molecule is Cl.Cl.NCC1CCC(C(=O)Nc2nc3ccccc3[nH]2)CC1. The number of rotatable bonds is 3. The Morgan fingerprint density at radius 2 is 1.91 bits per heavy atom. The van der Waals surface area contributed by atoms with Crippen molar-refractivity contribution < 1.29 is 4.79 Å². The number of H-pyrrole nitrogens is 1. The van der Waals surface area contributed by atoms with Crippen LogP contribution in [0.5, 0.6) is 0 Å². The number of nitrogens with one attached hydrogen (secondary N) is 2. The van der Waals surface area contributed by atoms with E-state index >= 15 is 0 Å². The Morgan fingerprint density at radius 1 is 1.23 bits per heavy atom. The van der Waals surface area contributed by atoms with Crippen molar-refractivity contribution in [2.75, 3.05) is 11.9 Å².